The van der Waals surface area contributed by atoms with Crippen molar-refractivity contribution in [2.75, 3.05) is 6.61 Å². The molecule has 110 valence electrons. The fourth-order valence-electron chi connectivity index (χ4n) is 1.78. The van der Waals surface area contributed by atoms with E-state index >= 15 is 0 Å². The fraction of sp³-hybridized carbons (Fsp3) is 0.250. The quantitative estimate of drug-likeness (QED) is 0.485. The van der Waals surface area contributed by atoms with Gasteiger partial charge in [-0.25, -0.2) is 4.57 Å². The molecule has 5 heteroatoms. The second-order valence-electron chi connectivity index (χ2n) is 4.55. The molecule has 0 amide bonds. The molecule has 0 aliphatic carbocycles. The molecule has 0 bridgehead atoms. The second-order valence-corrected chi connectivity index (χ2v) is 4.95. The molecule has 0 aliphatic heterocycles. The van der Waals surface area contributed by atoms with Crippen LogP contribution in [0, 0.1) is 0 Å². The maximum absolute atomic E-state index is 8.78. The Morgan fingerprint density at radius 1 is 1.19 bits per heavy atom. The van der Waals surface area contributed by atoms with Crippen molar-refractivity contribution in [1.29, 1.82) is 0 Å². The van der Waals surface area contributed by atoms with Crippen molar-refractivity contribution in [1.82, 2.24) is 0 Å². The van der Waals surface area contributed by atoms with E-state index in [1.165, 1.54) is 0 Å². The Morgan fingerprint density at radius 3 is 2.67 bits per heavy atom. The number of aliphatic hydroxyl groups is 1. The average Bonchev–Trinajstić information content (AvgIpc) is 2.52. The molecule has 4 nitrogen and oxygen atoms in total. The normalized spacial score (nSPS) is 11.0. The third kappa shape index (κ3) is 5.17. The molecular weight excluding hydrogens is 288 g/mol. The van der Waals surface area contributed by atoms with Crippen LogP contribution in [0.1, 0.15) is 17.5 Å². The standard InChI is InChI=1S/C16H18ClN2O2/c17-16-5-2-1-4-15(16)13-21-18-12-14-6-9-19(10-7-14)8-3-11-20/h1-2,4-7,9-10,12,20H,3,8,11,13H2/q+1/b18-12+. The maximum atomic E-state index is 8.78. The molecule has 2 aromatic rings. The van der Waals surface area contributed by atoms with E-state index in [-0.39, 0.29) is 6.61 Å². The number of pyridine rings is 1. The van der Waals surface area contributed by atoms with Crippen LogP contribution in [0.3, 0.4) is 0 Å². The van der Waals surface area contributed by atoms with E-state index in [2.05, 4.69) is 5.16 Å². The highest BCUT2D eigenvalue weighted by Gasteiger charge is 2.00. The Labute approximate surface area is 129 Å². The van der Waals surface area contributed by atoms with Gasteiger partial charge >= 0.3 is 0 Å². The van der Waals surface area contributed by atoms with Crippen molar-refractivity contribution in [3.05, 3.63) is 64.9 Å². The second kappa shape index (κ2) is 8.39. The molecule has 0 fully saturated rings. The van der Waals surface area contributed by atoms with Crippen molar-refractivity contribution in [3.63, 3.8) is 0 Å². The van der Waals surface area contributed by atoms with Gasteiger partial charge in [-0.1, -0.05) is 35.0 Å². The zero-order valence-electron chi connectivity index (χ0n) is 11.7. The number of aromatic nitrogens is 1. The maximum Gasteiger partial charge on any atom is 0.169 e. The summed E-state index contributed by atoms with van der Waals surface area (Å²) in [6.07, 6.45) is 6.31. The first kappa shape index (κ1) is 15.5. The van der Waals surface area contributed by atoms with Crippen LogP contribution in [-0.4, -0.2) is 17.9 Å². The third-order valence-electron chi connectivity index (χ3n) is 2.95. The number of aliphatic hydroxyl groups excluding tert-OH is 1. The van der Waals surface area contributed by atoms with Crippen LogP contribution in [0.4, 0.5) is 0 Å². The van der Waals surface area contributed by atoms with Crippen LogP contribution < -0.4 is 4.57 Å². The number of nitrogens with zero attached hydrogens (tertiary/aromatic N) is 2. The minimum absolute atomic E-state index is 0.200. The monoisotopic (exact) mass is 305 g/mol. The van der Waals surface area contributed by atoms with E-state index in [9.17, 15) is 0 Å². The molecule has 1 aromatic heterocycles. The van der Waals surface area contributed by atoms with Crippen LogP contribution in [-0.2, 0) is 18.0 Å². The molecule has 0 spiro atoms. The summed E-state index contributed by atoms with van der Waals surface area (Å²) in [4.78, 5) is 5.24. The Balaban J connectivity index is 1.83. The van der Waals surface area contributed by atoms with Gasteiger partial charge in [0.1, 0.15) is 6.61 Å². The summed E-state index contributed by atoms with van der Waals surface area (Å²) in [6, 6.07) is 11.4. The molecule has 2 rings (SSSR count). The molecule has 1 heterocycles. The van der Waals surface area contributed by atoms with Crippen molar-refractivity contribution < 1.29 is 14.5 Å². The van der Waals surface area contributed by atoms with E-state index in [0.29, 0.717) is 11.6 Å². The highest BCUT2D eigenvalue weighted by atomic mass is 35.5. The SMILES string of the molecule is OCCC[n+]1ccc(/C=N/OCc2ccccc2Cl)cc1. The molecule has 0 atom stereocenters. The smallest absolute Gasteiger partial charge is 0.169 e. The lowest BCUT2D eigenvalue weighted by Gasteiger charge is -2.01. The van der Waals surface area contributed by atoms with Crippen molar-refractivity contribution in [3.8, 4) is 0 Å². The number of halogens is 1. The van der Waals surface area contributed by atoms with E-state index in [1.807, 2.05) is 53.4 Å². The Hall–Kier alpha value is -1.91. The van der Waals surface area contributed by atoms with Gasteiger partial charge in [0, 0.05) is 41.3 Å². The van der Waals surface area contributed by atoms with Gasteiger partial charge in [-0.15, -0.1) is 0 Å². The first-order valence-corrected chi connectivity index (χ1v) is 7.16. The predicted molar refractivity (Wildman–Crippen MR) is 82.2 cm³/mol. The molecule has 21 heavy (non-hydrogen) atoms. The van der Waals surface area contributed by atoms with E-state index in [0.717, 1.165) is 24.1 Å². The summed E-state index contributed by atoms with van der Waals surface area (Å²) >= 11 is 6.03. The van der Waals surface area contributed by atoms with Gasteiger partial charge in [0.15, 0.2) is 18.9 Å². The Morgan fingerprint density at radius 2 is 1.95 bits per heavy atom. The number of rotatable bonds is 7. The number of hydrogen-bond donors (Lipinski definition) is 1. The average molecular weight is 306 g/mol. The molecule has 0 aliphatic rings. The third-order valence-corrected chi connectivity index (χ3v) is 3.31. The zero-order valence-corrected chi connectivity index (χ0v) is 12.4. The summed E-state index contributed by atoms with van der Waals surface area (Å²) in [5.74, 6) is 0. The number of benzene rings is 1. The van der Waals surface area contributed by atoms with E-state index in [4.69, 9.17) is 21.5 Å². The Bertz CT molecular complexity index is 585. The Kier molecular flexibility index (Phi) is 6.19. The molecule has 0 unspecified atom stereocenters. The molecule has 0 radical (unpaired) electrons. The van der Waals surface area contributed by atoms with E-state index < -0.39 is 0 Å². The van der Waals surface area contributed by atoms with E-state index in [1.54, 1.807) is 6.21 Å². The lowest BCUT2D eigenvalue weighted by atomic mass is 10.2. The molecule has 1 N–H and O–H groups in total. The van der Waals surface area contributed by atoms with Crippen molar-refractivity contribution in [2.24, 2.45) is 5.16 Å². The minimum atomic E-state index is 0.200. The molecule has 0 saturated carbocycles. The summed E-state index contributed by atoms with van der Waals surface area (Å²) < 4.78 is 2.01. The van der Waals surface area contributed by atoms with Gasteiger partial charge in [0.05, 0.1) is 6.21 Å². The van der Waals surface area contributed by atoms with Gasteiger partial charge in [0.25, 0.3) is 0 Å². The van der Waals surface area contributed by atoms with Gasteiger partial charge in [-0.2, -0.15) is 0 Å². The van der Waals surface area contributed by atoms with Crippen LogP contribution in [0.25, 0.3) is 0 Å². The first-order valence-electron chi connectivity index (χ1n) is 6.78. The minimum Gasteiger partial charge on any atom is -0.396 e. The summed E-state index contributed by atoms with van der Waals surface area (Å²) in [6.45, 7) is 1.35. The number of aryl methyl sites for hydroxylation is 1. The lowest BCUT2D eigenvalue weighted by molar-refractivity contribution is -0.697. The van der Waals surface area contributed by atoms with Crippen LogP contribution >= 0.6 is 11.6 Å². The number of hydrogen-bond acceptors (Lipinski definition) is 3. The largest absolute Gasteiger partial charge is 0.396 e. The summed E-state index contributed by atoms with van der Waals surface area (Å²) in [5, 5.41) is 13.4. The van der Waals surface area contributed by atoms with Crippen LogP contribution in [0.15, 0.2) is 53.9 Å². The van der Waals surface area contributed by atoms with Gasteiger partial charge < -0.3 is 9.94 Å². The molecular formula is C16H18ClN2O2+. The zero-order chi connectivity index (χ0) is 14.9. The highest BCUT2D eigenvalue weighted by molar-refractivity contribution is 6.31. The van der Waals surface area contributed by atoms with Crippen LogP contribution in [0.2, 0.25) is 5.02 Å². The summed E-state index contributed by atoms with van der Waals surface area (Å²) in [5.41, 5.74) is 1.86. The van der Waals surface area contributed by atoms with Gasteiger partial charge in [0.2, 0.25) is 0 Å². The topological polar surface area (TPSA) is 45.7 Å². The predicted octanol–water partition coefficient (Wildman–Crippen LogP) is 2.56. The van der Waals surface area contributed by atoms with Crippen molar-refractivity contribution >= 4 is 17.8 Å². The van der Waals surface area contributed by atoms with Gasteiger partial charge in [-0.3, -0.25) is 0 Å². The fourth-order valence-corrected chi connectivity index (χ4v) is 1.97. The molecule has 1 aromatic carbocycles. The highest BCUT2D eigenvalue weighted by Crippen LogP contribution is 2.15. The molecule has 0 saturated heterocycles. The number of oxime groups is 1. The summed E-state index contributed by atoms with van der Waals surface area (Å²) in [7, 11) is 0. The lowest BCUT2D eigenvalue weighted by Crippen LogP contribution is -2.33. The first-order chi connectivity index (χ1) is 10.3. The van der Waals surface area contributed by atoms with Crippen LogP contribution in [0.5, 0.6) is 0 Å². The van der Waals surface area contributed by atoms with Gasteiger partial charge in [-0.05, 0) is 6.07 Å². The van der Waals surface area contributed by atoms with Crippen molar-refractivity contribution in [2.45, 2.75) is 19.6 Å².